The number of carbonyl (C=O) groups is 1. The van der Waals surface area contributed by atoms with Gasteiger partial charge in [-0.1, -0.05) is 12.1 Å². The number of methoxy groups -OCH3 is 1. The highest BCUT2D eigenvalue weighted by Crippen LogP contribution is 2.32. The lowest BCUT2D eigenvalue weighted by Crippen LogP contribution is -2.42. The number of aliphatic hydroxyl groups excluding tert-OH is 1. The maximum atomic E-state index is 12.2. The van der Waals surface area contributed by atoms with Crippen molar-refractivity contribution in [3.05, 3.63) is 35.3 Å². The Morgan fingerprint density at radius 3 is 3.00 bits per heavy atom. The molecule has 0 saturated carbocycles. The maximum absolute atomic E-state index is 12.2. The molecule has 0 bridgehead atoms. The summed E-state index contributed by atoms with van der Waals surface area (Å²) in [6.45, 7) is 0.593. The van der Waals surface area contributed by atoms with Crippen molar-refractivity contribution in [2.24, 2.45) is 0 Å². The van der Waals surface area contributed by atoms with Gasteiger partial charge < -0.3 is 25.2 Å². The molecule has 1 aliphatic rings. The van der Waals surface area contributed by atoms with Gasteiger partial charge in [-0.05, 0) is 18.6 Å². The molecule has 1 atom stereocenters. The number of ether oxygens (including phenoxy) is 1. The fourth-order valence-electron chi connectivity index (χ4n) is 2.77. The van der Waals surface area contributed by atoms with Crippen molar-refractivity contribution in [2.75, 3.05) is 26.8 Å². The molecule has 7 nitrogen and oxygen atoms in total. The number of benzene rings is 1. The fraction of sp³-hybridized carbons (Fsp3) is 0.412. The van der Waals surface area contributed by atoms with Crippen LogP contribution in [-0.4, -0.2) is 58.5 Å². The summed E-state index contributed by atoms with van der Waals surface area (Å²) in [4.78, 5) is 19.0. The molecule has 0 spiro atoms. The van der Waals surface area contributed by atoms with Gasteiger partial charge in [-0.3, -0.25) is 0 Å². The third-order valence-corrected chi connectivity index (χ3v) is 5.25. The van der Waals surface area contributed by atoms with Crippen LogP contribution in [0.5, 0.6) is 5.75 Å². The molecule has 1 unspecified atom stereocenters. The molecule has 1 fully saturated rings. The highest BCUT2D eigenvalue weighted by Gasteiger charge is 2.37. The lowest BCUT2D eigenvalue weighted by atomic mass is 10.1. The van der Waals surface area contributed by atoms with Crippen molar-refractivity contribution in [3.8, 4) is 16.3 Å². The topological polar surface area (TPSA) is 94.9 Å². The molecule has 8 heteroatoms. The average molecular weight is 363 g/mol. The van der Waals surface area contributed by atoms with Crippen LogP contribution in [0.2, 0.25) is 0 Å². The lowest BCUT2D eigenvalue weighted by molar-refractivity contribution is -0.00280. The van der Waals surface area contributed by atoms with Crippen molar-refractivity contribution in [3.63, 3.8) is 0 Å². The van der Waals surface area contributed by atoms with Gasteiger partial charge in [0.05, 0.1) is 32.4 Å². The first kappa shape index (κ1) is 17.7. The molecule has 134 valence electrons. The number of para-hydroxylation sites is 1. The Morgan fingerprint density at radius 2 is 2.28 bits per heavy atom. The summed E-state index contributed by atoms with van der Waals surface area (Å²) in [7, 11) is 1.62. The van der Waals surface area contributed by atoms with Crippen molar-refractivity contribution in [1.29, 1.82) is 0 Å². The number of carbonyl (C=O) groups excluding carboxylic acids is 1. The van der Waals surface area contributed by atoms with Gasteiger partial charge in [-0.15, -0.1) is 11.3 Å². The Labute approximate surface area is 149 Å². The van der Waals surface area contributed by atoms with Crippen molar-refractivity contribution >= 4 is 17.4 Å². The molecule has 1 aromatic carbocycles. The number of aliphatic hydroxyl groups is 2. The molecule has 1 aromatic heterocycles. The van der Waals surface area contributed by atoms with Crippen LogP contribution in [0.4, 0.5) is 4.79 Å². The van der Waals surface area contributed by atoms with Crippen LogP contribution in [0.15, 0.2) is 30.5 Å². The Hall–Kier alpha value is -2.16. The maximum Gasteiger partial charge on any atom is 0.317 e. The van der Waals surface area contributed by atoms with E-state index in [0.29, 0.717) is 19.5 Å². The minimum absolute atomic E-state index is 0.143. The van der Waals surface area contributed by atoms with Crippen LogP contribution in [0, 0.1) is 0 Å². The normalized spacial score (nSPS) is 19.9. The average Bonchev–Trinajstić information content (AvgIpc) is 3.27. The lowest BCUT2D eigenvalue weighted by Gasteiger charge is -2.21. The molecular formula is C17H21N3O4S. The molecule has 3 rings (SSSR count). The zero-order valence-corrected chi connectivity index (χ0v) is 14.8. The van der Waals surface area contributed by atoms with Crippen molar-refractivity contribution < 1.29 is 19.7 Å². The number of nitrogens with one attached hydrogen (secondary N) is 1. The van der Waals surface area contributed by atoms with Gasteiger partial charge in [0.25, 0.3) is 0 Å². The predicted molar refractivity (Wildman–Crippen MR) is 94.6 cm³/mol. The largest absolute Gasteiger partial charge is 0.496 e. The minimum Gasteiger partial charge on any atom is -0.496 e. The van der Waals surface area contributed by atoms with Crippen LogP contribution < -0.4 is 10.1 Å². The molecule has 0 aliphatic carbocycles. The number of aromatic nitrogens is 1. The third kappa shape index (κ3) is 3.92. The summed E-state index contributed by atoms with van der Waals surface area (Å²) < 4.78 is 5.35. The van der Waals surface area contributed by atoms with Gasteiger partial charge in [0.1, 0.15) is 16.4 Å². The monoisotopic (exact) mass is 363 g/mol. The number of hydrogen-bond acceptors (Lipinski definition) is 6. The number of urea groups is 1. The number of nitrogens with zero attached hydrogens (tertiary/aromatic N) is 2. The Morgan fingerprint density at radius 1 is 1.48 bits per heavy atom. The molecule has 2 aromatic rings. The number of thiazole rings is 1. The second-order valence-corrected chi connectivity index (χ2v) is 7.16. The third-order valence-electron chi connectivity index (χ3n) is 4.22. The first-order chi connectivity index (χ1) is 12.0. The summed E-state index contributed by atoms with van der Waals surface area (Å²) in [5.74, 6) is 0.757. The molecule has 3 N–H and O–H groups in total. The van der Waals surface area contributed by atoms with Crippen molar-refractivity contribution in [1.82, 2.24) is 15.2 Å². The summed E-state index contributed by atoms with van der Waals surface area (Å²) in [5.41, 5.74) is -0.265. The number of likely N-dealkylation sites (tertiary alicyclic amines) is 1. The van der Waals surface area contributed by atoms with E-state index in [1.54, 1.807) is 13.3 Å². The molecule has 0 radical (unpaired) electrons. The van der Waals surface area contributed by atoms with E-state index in [-0.39, 0.29) is 19.2 Å². The van der Waals surface area contributed by atoms with Crippen LogP contribution in [-0.2, 0) is 6.54 Å². The van der Waals surface area contributed by atoms with E-state index in [1.165, 1.54) is 16.2 Å². The highest BCUT2D eigenvalue weighted by atomic mass is 32.1. The van der Waals surface area contributed by atoms with Gasteiger partial charge in [0.15, 0.2) is 0 Å². The molecule has 1 saturated heterocycles. The molecule has 2 heterocycles. The standard InChI is InChI=1S/C17H21N3O4S/c1-24-14-5-3-2-4-13(14)15-18-8-12(25-15)9-19-16(22)20-7-6-17(23,10-20)11-21/h2-5,8,21,23H,6-7,9-11H2,1H3,(H,19,22). The minimum atomic E-state index is -1.18. The predicted octanol–water partition coefficient (Wildman–Crippen LogP) is 1.46. The van der Waals surface area contributed by atoms with Crippen LogP contribution in [0.1, 0.15) is 11.3 Å². The van der Waals surface area contributed by atoms with E-state index in [1.807, 2.05) is 24.3 Å². The van der Waals surface area contributed by atoms with Crippen LogP contribution >= 0.6 is 11.3 Å². The van der Waals surface area contributed by atoms with Gasteiger partial charge in [0, 0.05) is 17.6 Å². The van der Waals surface area contributed by atoms with Gasteiger partial charge in [-0.2, -0.15) is 0 Å². The first-order valence-electron chi connectivity index (χ1n) is 7.99. The Bertz CT molecular complexity index is 751. The summed E-state index contributed by atoms with van der Waals surface area (Å²) in [6, 6.07) is 7.40. The number of β-amino-alcohol motifs (C(OH)–C–C–N with tert-alkyl or cyclic N) is 1. The summed E-state index contributed by atoms with van der Waals surface area (Å²) >= 11 is 1.49. The van der Waals surface area contributed by atoms with Crippen molar-refractivity contribution in [2.45, 2.75) is 18.6 Å². The van der Waals surface area contributed by atoms with E-state index in [0.717, 1.165) is 21.2 Å². The second kappa shape index (κ2) is 7.38. The van der Waals surface area contributed by atoms with Gasteiger partial charge in [-0.25, -0.2) is 9.78 Å². The van der Waals surface area contributed by atoms with E-state index >= 15 is 0 Å². The molecule has 1 aliphatic heterocycles. The van der Waals surface area contributed by atoms with Crippen LogP contribution in [0.25, 0.3) is 10.6 Å². The number of hydrogen-bond donors (Lipinski definition) is 3. The van der Waals surface area contributed by atoms with Crippen LogP contribution in [0.3, 0.4) is 0 Å². The van der Waals surface area contributed by atoms with Gasteiger partial charge >= 0.3 is 6.03 Å². The molecule has 25 heavy (non-hydrogen) atoms. The van der Waals surface area contributed by atoms with Gasteiger partial charge in [0.2, 0.25) is 0 Å². The zero-order valence-electron chi connectivity index (χ0n) is 13.9. The number of rotatable bonds is 5. The number of amides is 2. The summed E-state index contributed by atoms with van der Waals surface area (Å²) in [6.07, 6.45) is 2.12. The first-order valence-corrected chi connectivity index (χ1v) is 8.80. The molecular weight excluding hydrogens is 342 g/mol. The second-order valence-electron chi connectivity index (χ2n) is 6.04. The van der Waals surface area contributed by atoms with E-state index < -0.39 is 5.60 Å². The highest BCUT2D eigenvalue weighted by molar-refractivity contribution is 7.15. The molecule has 2 amide bonds. The van der Waals surface area contributed by atoms with E-state index in [2.05, 4.69) is 10.3 Å². The smallest absolute Gasteiger partial charge is 0.317 e. The van der Waals surface area contributed by atoms with E-state index in [4.69, 9.17) is 9.84 Å². The Balaban J connectivity index is 1.60. The quantitative estimate of drug-likeness (QED) is 0.748. The zero-order chi connectivity index (χ0) is 17.9. The summed E-state index contributed by atoms with van der Waals surface area (Å²) in [5, 5.41) is 22.8. The Kier molecular flexibility index (Phi) is 5.22. The SMILES string of the molecule is COc1ccccc1-c1ncc(CNC(=O)N2CCC(O)(CO)C2)s1. The fourth-order valence-corrected chi connectivity index (χ4v) is 3.65. The van der Waals surface area contributed by atoms with E-state index in [9.17, 15) is 9.90 Å².